The Morgan fingerprint density at radius 2 is 2.06 bits per heavy atom. The van der Waals surface area contributed by atoms with E-state index in [-0.39, 0.29) is 18.0 Å². The number of aromatic nitrogens is 4. The standard InChI is InChI=1S/C23H24N6O2S/c1-13-12-24-21-19(18(13)20-26-15(3)31-28-20)32-23(27-21)29-11-7-10-17(29)22(30)25-14(2)16-8-5-4-6-9-16/h4-6,8-9,12,14,17H,7,10-11H2,1-3H3,(H,25,30)/t14-,17-/m1/s1. The summed E-state index contributed by atoms with van der Waals surface area (Å²) < 4.78 is 6.10. The number of rotatable bonds is 5. The van der Waals surface area contributed by atoms with Crippen molar-refractivity contribution in [2.24, 2.45) is 0 Å². The van der Waals surface area contributed by atoms with E-state index in [0.717, 1.165) is 45.9 Å². The summed E-state index contributed by atoms with van der Waals surface area (Å²) in [5.74, 6) is 1.07. The Kier molecular flexibility index (Phi) is 5.34. The van der Waals surface area contributed by atoms with E-state index in [1.807, 2.05) is 44.2 Å². The van der Waals surface area contributed by atoms with E-state index in [1.54, 1.807) is 13.1 Å². The number of thiazole rings is 1. The molecule has 0 spiro atoms. The molecule has 0 aliphatic carbocycles. The van der Waals surface area contributed by atoms with Gasteiger partial charge in [-0.2, -0.15) is 9.97 Å². The lowest BCUT2D eigenvalue weighted by Crippen LogP contribution is -2.44. The minimum Gasteiger partial charge on any atom is -0.348 e. The Balaban J connectivity index is 1.44. The summed E-state index contributed by atoms with van der Waals surface area (Å²) in [4.78, 5) is 28.9. The number of hydrogen-bond donors (Lipinski definition) is 1. The molecule has 1 aliphatic rings. The van der Waals surface area contributed by atoms with E-state index >= 15 is 0 Å². The van der Waals surface area contributed by atoms with Crippen LogP contribution in [0, 0.1) is 13.8 Å². The lowest BCUT2D eigenvalue weighted by molar-refractivity contribution is -0.122. The number of nitrogens with zero attached hydrogens (tertiary/aromatic N) is 5. The number of pyridine rings is 1. The molecule has 0 bridgehead atoms. The highest BCUT2D eigenvalue weighted by Gasteiger charge is 2.34. The maximum atomic E-state index is 13.1. The summed E-state index contributed by atoms with van der Waals surface area (Å²) in [7, 11) is 0. The average molecular weight is 449 g/mol. The molecule has 1 N–H and O–H groups in total. The van der Waals surface area contributed by atoms with Crippen LogP contribution in [-0.4, -0.2) is 38.6 Å². The normalized spacial score (nSPS) is 17.1. The van der Waals surface area contributed by atoms with E-state index in [4.69, 9.17) is 9.51 Å². The zero-order chi connectivity index (χ0) is 22.2. The Hall–Kier alpha value is -3.33. The molecule has 0 radical (unpaired) electrons. The Labute approximate surface area is 189 Å². The molecular weight excluding hydrogens is 424 g/mol. The number of hydrogen-bond acceptors (Lipinski definition) is 8. The van der Waals surface area contributed by atoms with Crippen LogP contribution in [0.25, 0.3) is 21.7 Å². The number of anilines is 1. The molecule has 9 heteroatoms. The van der Waals surface area contributed by atoms with E-state index in [0.29, 0.717) is 17.4 Å². The quantitative estimate of drug-likeness (QED) is 0.488. The van der Waals surface area contributed by atoms with E-state index in [1.165, 1.54) is 11.3 Å². The van der Waals surface area contributed by atoms with Gasteiger partial charge in [-0.15, -0.1) is 0 Å². The zero-order valence-electron chi connectivity index (χ0n) is 18.2. The summed E-state index contributed by atoms with van der Waals surface area (Å²) in [6.07, 6.45) is 3.52. The van der Waals surface area contributed by atoms with Crippen molar-refractivity contribution in [3.8, 4) is 11.4 Å². The fourth-order valence-corrected chi connectivity index (χ4v) is 5.35. The number of benzene rings is 1. The third kappa shape index (κ3) is 3.73. The Morgan fingerprint density at radius 3 is 2.81 bits per heavy atom. The fourth-order valence-electron chi connectivity index (χ4n) is 4.16. The maximum absolute atomic E-state index is 13.1. The predicted molar refractivity (Wildman–Crippen MR) is 124 cm³/mol. The first-order chi connectivity index (χ1) is 15.5. The molecule has 5 rings (SSSR count). The van der Waals surface area contributed by atoms with Crippen LogP contribution in [0.15, 0.2) is 41.1 Å². The monoisotopic (exact) mass is 448 g/mol. The molecule has 8 nitrogen and oxygen atoms in total. The molecule has 2 atom stereocenters. The van der Waals surface area contributed by atoms with Gasteiger partial charge in [-0.1, -0.05) is 46.8 Å². The van der Waals surface area contributed by atoms with Crippen LogP contribution in [0.5, 0.6) is 0 Å². The number of carbonyl (C=O) groups is 1. The molecule has 1 amide bonds. The van der Waals surface area contributed by atoms with Crippen LogP contribution in [0.4, 0.5) is 5.13 Å². The molecule has 4 aromatic rings. The number of carbonyl (C=O) groups excluding carboxylic acids is 1. The molecule has 4 heterocycles. The third-order valence-corrected chi connectivity index (χ3v) is 6.91. The van der Waals surface area contributed by atoms with Gasteiger partial charge in [-0.25, -0.2) is 4.98 Å². The van der Waals surface area contributed by atoms with Crippen LogP contribution >= 0.6 is 11.3 Å². The summed E-state index contributed by atoms with van der Waals surface area (Å²) in [6.45, 7) is 6.54. The van der Waals surface area contributed by atoms with E-state index in [2.05, 4.69) is 25.3 Å². The van der Waals surface area contributed by atoms with Crippen molar-refractivity contribution in [1.29, 1.82) is 0 Å². The molecule has 0 unspecified atom stereocenters. The van der Waals surface area contributed by atoms with Crippen LogP contribution in [0.2, 0.25) is 0 Å². The van der Waals surface area contributed by atoms with Crippen LogP contribution in [-0.2, 0) is 4.79 Å². The second-order valence-electron chi connectivity index (χ2n) is 8.09. The lowest BCUT2D eigenvalue weighted by Gasteiger charge is -2.25. The Morgan fingerprint density at radius 1 is 1.25 bits per heavy atom. The topological polar surface area (TPSA) is 97.0 Å². The van der Waals surface area contributed by atoms with Gasteiger partial charge >= 0.3 is 0 Å². The van der Waals surface area contributed by atoms with Crippen molar-refractivity contribution >= 4 is 32.7 Å². The van der Waals surface area contributed by atoms with Crippen molar-refractivity contribution in [1.82, 2.24) is 25.4 Å². The van der Waals surface area contributed by atoms with Gasteiger partial charge in [-0.3, -0.25) is 4.79 Å². The van der Waals surface area contributed by atoms with E-state index in [9.17, 15) is 4.79 Å². The summed E-state index contributed by atoms with van der Waals surface area (Å²) in [6, 6.07) is 9.69. The number of fused-ring (bicyclic) bond motifs is 1. The number of aryl methyl sites for hydroxylation is 2. The van der Waals surface area contributed by atoms with Crippen molar-refractivity contribution in [3.63, 3.8) is 0 Å². The third-order valence-electron chi connectivity index (χ3n) is 5.81. The minimum absolute atomic E-state index is 0.0243. The highest BCUT2D eigenvalue weighted by atomic mass is 32.1. The van der Waals surface area contributed by atoms with Gasteiger partial charge in [0, 0.05) is 25.2 Å². The molecule has 164 valence electrons. The molecule has 1 aliphatic heterocycles. The Bertz CT molecular complexity index is 1270. The van der Waals surface area contributed by atoms with Gasteiger partial charge in [0.2, 0.25) is 17.6 Å². The average Bonchev–Trinajstić information content (AvgIpc) is 3.53. The molecule has 1 saturated heterocycles. The summed E-state index contributed by atoms with van der Waals surface area (Å²) in [5, 5.41) is 8.06. The van der Waals surface area contributed by atoms with E-state index < -0.39 is 0 Å². The van der Waals surface area contributed by atoms with Gasteiger partial charge in [0.15, 0.2) is 10.8 Å². The SMILES string of the molecule is Cc1nc(-c2c(C)cnc3nc(N4CCC[C@@H]4C(=O)N[C@H](C)c4ccccc4)sc23)no1. The van der Waals surface area contributed by atoms with Crippen molar-refractivity contribution in [2.45, 2.75) is 45.7 Å². The first-order valence-corrected chi connectivity index (χ1v) is 11.5. The largest absolute Gasteiger partial charge is 0.348 e. The summed E-state index contributed by atoms with van der Waals surface area (Å²) in [5.41, 5.74) is 3.57. The molecule has 32 heavy (non-hydrogen) atoms. The molecular formula is C23H24N6O2S. The first kappa shape index (κ1) is 20.6. The highest BCUT2D eigenvalue weighted by Crippen LogP contribution is 2.38. The molecule has 1 fully saturated rings. The van der Waals surface area contributed by atoms with Gasteiger partial charge in [0.05, 0.1) is 10.7 Å². The van der Waals surface area contributed by atoms with Crippen molar-refractivity contribution in [3.05, 3.63) is 53.5 Å². The van der Waals surface area contributed by atoms with Gasteiger partial charge in [0.1, 0.15) is 6.04 Å². The molecule has 1 aromatic carbocycles. The van der Waals surface area contributed by atoms with Crippen LogP contribution < -0.4 is 10.2 Å². The van der Waals surface area contributed by atoms with Gasteiger partial charge in [0.25, 0.3) is 0 Å². The smallest absolute Gasteiger partial charge is 0.243 e. The van der Waals surface area contributed by atoms with Crippen LogP contribution in [0.1, 0.15) is 42.8 Å². The number of amides is 1. The van der Waals surface area contributed by atoms with Crippen molar-refractivity contribution in [2.75, 3.05) is 11.4 Å². The molecule has 0 saturated carbocycles. The first-order valence-electron chi connectivity index (χ1n) is 10.7. The second kappa shape index (κ2) is 8.31. The van der Waals surface area contributed by atoms with Gasteiger partial charge in [-0.05, 0) is 37.8 Å². The fraction of sp³-hybridized carbons (Fsp3) is 0.348. The second-order valence-corrected chi connectivity index (χ2v) is 9.07. The van der Waals surface area contributed by atoms with Crippen LogP contribution in [0.3, 0.4) is 0 Å². The lowest BCUT2D eigenvalue weighted by atomic mass is 10.1. The zero-order valence-corrected chi connectivity index (χ0v) is 19.0. The highest BCUT2D eigenvalue weighted by molar-refractivity contribution is 7.22. The predicted octanol–water partition coefficient (Wildman–Crippen LogP) is 4.20. The maximum Gasteiger partial charge on any atom is 0.243 e. The van der Waals surface area contributed by atoms with Crippen molar-refractivity contribution < 1.29 is 9.32 Å². The summed E-state index contributed by atoms with van der Waals surface area (Å²) >= 11 is 1.53. The van der Waals surface area contributed by atoms with Gasteiger partial charge < -0.3 is 14.7 Å². The minimum atomic E-state index is -0.251. The molecule has 3 aromatic heterocycles. The number of nitrogens with one attached hydrogen (secondary N) is 1.